The van der Waals surface area contributed by atoms with Crippen molar-refractivity contribution in [3.8, 4) is 0 Å². The first-order valence-corrected chi connectivity index (χ1v) is 5.74. The van der Waals surface area contributed by atoms with Gasteiger partial charge in [-0.05, 0) is 6.92 Å². The second-order valence-electron chi connectivity index (χ2n) is 3.30. The van der Waals surface area contributed by atoms with E-state index in [0.717, 1.165) is 0 Å². The number of ketones is 1. The average molecular weight is 203 g/mol. The van der Waals surface area contributed by atoms with Crippen molar-refractivity contribution in [2.75, 3.05) is 19.3 Å². The zero-order valence-corrected chi connectivity index (χ0v) is 8.60. The summed E-state index contributed by atoms with van der Waals surface area (Å²) in [5, 5.41) is -0.0603. The van der Waals surface area contributed by atoms with Crippen molar-refractivity contribution in [2.24, 2.45) is 0 Å². The third-order valence-corrected chi connectivity index (χ3v) is 3.39. The normalized spacial score (nSPS) is 22.2. The van der Waals surface area contributed by atoms with E-state index in [0.29, 0.717) is 6.54 Å². The van der Waals surface area contributed by atoms with Gasteiger partial charge in [0, 0.05) is 28.9 Å². The fourth-order valence-corrected chi connectivity index (χ4v) is 1.61. The Hall–Kier alpha value is -0.710. The summed E-state index contributed by atoms with van der Waals surface area (Å²) < 4.78 is 11.0. The molecule has 1 aliphatic heterocycles. The molecule has 0 saturated carbocycles. The molecular formula is C8H13NO3S. The van der Waals surface area contributed by atoms with Gasteiger partial charge in [-0.15, -0.1) is 0 Å². The molecule has 74 valence electrons. The minimum atomic E-state index is -0.938. The second kappa shape index (κ2) is 4.00. The lowest BCUT2D eigenvalue weighted by molar-refractivity contribution is -0.127. The van der Waals surface area contributed by atoms with Crippen LogP contribution < -0.4 is 0 Å². The van der Waals surface area contributed by atoms with Crippen LogP contribution in [0.5, 0.6) is 0 Å². The zero-order chi connectivity index (χ0) is 10.0. The van der Waals surface area contributed by atoms with Gasteiger partial charge in [0.15, 0.2) is 5.78 Å². The molecule has 0 aromatic carbocycles. The fourth-order valence-electron chi connectivity index (χ4n) is 1.22. The molecule has 0 aromatic heterocycles. The lowest BCUT2D eigenvalue weighted by Crippen LogP contribution is -2.34. The average Bonchev–Trinajstić information content (AvgIpc) is 2.30. The lowest BCUT2D eigenvalue weighted by atomic mass is 10.3. The van der Waals surface area contributed by atoms with E-state index < -0.39 is 10.8 Å². The van der Waals surface area contributed by atoms with Crippen molar-refractivity contribution in [2.45, 2.75) is 18.6 Å². The molecule has 4 nitrogen and oxygen atoms in total. The van der Waals surface area contributed by atoms with Crippen molar-refractivity contribution < 1.29 is 13.8 Å². The van der Waals surface area contributed by atoms with Crippen LogP contribution >= 0.6 is 0 Å². The van der Waals surface area contributed by atoms with Gasteiger partial charge in [-0.3, -0.25) is 13.8 Å². The van der Waals surface area contributed by atoms with Crippen LogP contribution in [0.3, 0.4) is 0 Å². The first kappa shape index (κ1) is 10.4. The van der Waals surface area contributed by atoms with Crippen molar-refractivity contribution in [3.05, 3.63) is 0 Å². The minimum Gasteiger partial charge on any atom is -0.334 e. The largest absolute Gasteiger partial charge is 0.334 e. The second-order valence-corrected chi connectivity index (χ2v) is 5.10. The molecule has 1 amide bonds. The molecule has 0 bridgehead atoms. The van der Waals surface area contributed by atoms with Crippen molar-refractivity contribution in [1.29, 1.82) is 0 Å². The summed E-state index contributed by atoms with van der Waals surface area (Å²) in [5.74, 6) is -0.179. The van der Waals surface area contributed by atoms with Gasteiger partial charge < -0.3 is 4.90 Å². The van der Waals surface area contributed by atoms with Gasteiger partial charge in [-0.25, -0.2) is 0 Å². The Balaban J connectivity index is 2.50. The molecule has 0 aromatic rings. The molecule has 5 heteroatoms. The number of likely N-dealkylation sites (tertiary alicyclic amines) is 1. The summed E-state index contributed by atoms with van der Waals surface area (Å²) >= 11 is 0. The molecule has 0 aliphatic carbocycles. The molecule has 2 atom stereocenters. The number of nitrogens with zero attached hydrogens (tertiary/aromatic N) is 1. The SMILES string of the molecule is CC(CN1CC(=O)CC1=O)S(C)=O. The topological polar surface area (TPSA) is 54.5 Å². The number of amides is 1. The highest BCUT2D eigenvalue weighted by molar-refractivity contribution is 7.84. The van der Waals surface area contributed by atoms with Gasteiger partial charge >= 0.3 is 0 Å². The van der Waals surface area contributed by atoms with Crippen LogP contribution in [0.4, 0.5) is 0 Å². The number of rotatable bonds is 3. The maximum atomic E-state index is 11.1. The molecule has 0 spiro atoms. The van der Waals surface area contributed by atoms with Gasteiger partial charge in [-0.1, -0.05) is 0 Å². The Morgan fingerprint density at radius 1 is 1.54 bits per heavy atom. The molecule has 0 N–H and O–H groups in total. The molecule has 1 saturated heterocycles. The summed E-state index contributed by atoms with van der Waals surface area (Å²) in [5.41, 5.74) is 0. The molecule has 2 unspecified atom stereocenters. The van der Waals surface area contributed by atoms with E-state index in [2.05, 4.69) is 0 Å². The number of hydrogen-bond acceptors (Lipinski definition) is 3. The first-order valence-electron chi connectivity index (χ1n) is 4.12. The molecule has 1 heterocycles. The third-order valence-electron chi connectivity index (χ3n) is 2.11. The van der Waals surface area contributed by atoms with Crippen LogP contribution in [-0.2, 0) is 20.4 Å². The van der Waals surface area contributed by atoms with Crippen LogP contribution in [-0.4, -0.2) is 45.4 Å². The van der Waals surface area contributed by atoms with E-state index in [9.17, 15) is 13.8 Å². The van der Waals surface area contributed by atoms with E-state index in [1.807, 2.05) is 6.92 Å². The van der Waals surface area contributed by atoms with E-state index in [4.69, 9.17) is 0 Å². The van der Waals surface area contributed by atoms with Gasteiger partial charge in [-0.2, -0.15) is 0 Å². The molecule has 1 fully saturated rings. The van der Waals surface area contributed by atoms with Crippen LogP contribution in [0.2, 0.25) is 0 Å². The monoisotopic (exact) mass is 203 g/mol. The Labute approximate surface area is 79.7 Å². The van der Waals surface area contributed by atoms with Gasteiger partial charge in [0.1, 0.15) is 0 Å². The summed E-state index contributed by atoms with van der Waals surface area (Å²) in [6.45, 7) is 2.43. The highest BCUT2D eigenvalue weighted by atomic mass is 32.2. The predicted octanol–water partition coefficient (Wildman–Crippen LogP) is -0.445. The van der Waals surface area contributed by atoms with Crippen LogP contribution in [0.1, 0.15) is 13.3 Å². The van der Waals surface area contributed by atoms with Crippen molar-refractivity contribution in [1.82, 2.24) is 4.90 Å². The Bertz CT molecular complexity index is 264. The van der Waals surface area contributed by atoms with Crippen LogP contribution in [0.15, 0.2) is 0 Å². The third kappa shape index (κ3) is 2.62. The Kier molecular flexibility index (Phi) is 3.19. The van der Waals surface area contributed by atoms with E-state index in [1.54, 1.807) is 6.26 Å². The van der Waals surface area contributed by atoms with Crippen LogP contribution in [0.25, 0.3) is 0 Å². The molecular weight excluding hydrogens is 190 g/mol. The number of carbonyl (C=O) groups excluding carboxylic acids is 2. The highest BCUT2D eigenvalue weighted by Crippen LogP contribution is 2.08. The summed E-state index contributed by atoms with van der Waals surface area (Å²) in [7, 11) is -0.938. The highest BCUT2D eigenvalue weighted by Gasteiger charge is 2.28. The zero-order valence-electron chi connectivity index (χ0n) is 7.78. The molecule has 1 rings (SSSR count). The number of carbonyl (C=O) groups is 2. The van der Waals surface area contributed by atoms with E-state index >= 15 is 0 Å². The van der Waals surface area contributed by atoms with Crippen molar-refractivity contribution in [3.63, 3.8) is 0 Å². The van der Waals surface area contributed by atoms with Crippen molar-refractivity contribution >= 4 is 22.5 Å². The molecule has 13 heavy (non-hydrogen) atoms. The predicted molar refractivity (Wildman–Crippen MR) is 49.7 cm³/mol. The first-order chi connectivity index (χ1) is 6.00. The van der Waals surface area contributed by atoms with Gasteiger partial charge in [0.25, 0.3) is 0 Å². The van der Waals surface area contributed by atoms with Gasteiger partial charge in [0.2, 0.25) is 5.91 Å². The van der Waals surface area contributed by atoms with Gasteiger partial charge in [0.05, 0.1) is 13.0 Å². The number of hydrogen-bond donors (Lipinski definition) is 0. The molecule has 1 aliphatic rings. The maximum Gasteiger partial charge on any atom is 0.230 e. The number of Topliss-reactive ketones (excluding diaryl/α,β-unsaturated/α-hetero) is 1. The molecule has 0 radical (unpaired) electrons. The maximum absolute atomic E-state index is 11.1. The fraction of sp³-hybridized carbons (Fsp3) is 0.750. The van der Waals surface area contributed by atoms with E-state index in [-0.39, 0.29) is 29.9 Å². The Morgan fingerprint density at radius 2 is 2.15 bits per heavy atom. The van der Waals surface area contributed by atoms with Crippen LogP contribution in [0, 0.1) is 0 Å². The smallest absolute Gasteiger partial charge is 0.230 e. The lowest BCUT2D eigenvalue weighted by Gasteiger charge is -2.17. The Morgan fingerprint density at radius 3 is 2.54 bits per heavy atom. The standard InChI is InChI=1S/C8H13NO3S/c1-6(13(2)12)4-9-5-7(10)3-8(9)11/h6H,3-5H2,1-2H3. The minimum absolute atomic E-state index is 0.0169. The summed E-state index contributed by atoms with van der Waals surface area (Å²) in [6, 6.07) is 0. The summed E-state index contributed by atoms with van der Waals surface area (Å²) in [6.07, 6.45) is 1.62. The quantitative estimate of drug-likeness (QED) is 0.584. The van der Waals surface area contributed by atoms with E-state index in [1.165, 1.54) is 4.90 Å². The summed E-state index contributed by atoms with van der Waals surface area (Å²) in [4.78, 5) is 23.5.